The van der Waals surface area contributed by atoms with Gasteiger partial charge in [0.05, 0.1) is 11.3 Å². The van der Waals surface area contributed by atoms with Gasteiger partial charge in [-0.05, 0) is 96.8 Å². The zero-order valence-electron chi connectivity index (χ0n) is 26.6. The maximum absolute atomic E-state index is 13.3. The van der Waals surface area contributed by atoms with Gasteiger partial charge in [-0.2, -0.15) is 0 Å². The molecule has 0 radical (unpaired) electrons. The minimum Gasteiger partial charge on any atom is -0.489 e. The first-order valence-corrected chi connectivity index (χ1v) is 15.7. The summed E-state index contributed by atoms with van der Waals surface area (Å²) in [5, 5.41) is 5.92. The van der Waals surface area contributed by atoms with E-state index in [1.54, 1.807) is 48.8 Å². The Labute approximate surface area is 280 Å². The number of nitrogens with one attached hydrogen (secondary N) is 2. The second-order valence-corrected chi connectivity index (χ2v) is 11.3. The molecule has 2 amide bonds. The molecular formula is C41H35N3O4. The third-order valence-corrected chi connectivity index (χ3v) is 7.76. The van der Waals surface area contributed by atoms with Crippen molar-refractivity contribution in [1.29, 1.82) is 0 Å². The molecule has 0 saturated heterocycles. The number of anilines is 1. The molecule has 0 saturated carbocycles. The van der Waals surface area contributed by atoms with Crippen molar-refractivity contribution in [2.75, 3.05) is 11.9 Å². The monoisotopic (exact) mass is 633 g/mol. The highest BCUT2D eigenvalue weighted by Crippen LogP contribution is 2.33. The number of para-hydroxylation sites is 2. The van der Waals surface area contributed by atoms with Crippen molar-refractivity contribution in [3.8, 4) is 28.4 Å². The topological polar surface area (TPSA) is 89.5 Å². The van der Waals surface area contributed by atoms with E-state index in [0.29, 0.717) is 42.1 Å². The van der Waals surface area contributed by atoms with Gasteiger partial charge in [-0.15, -0.1) is 0 Å². The van der Waals surface area contributed by atoms with Crippen molar-refractivity contribution in [3.63, 3.8) is 0 Å². The highest BCUT2D eigenvalue weighted by molar-refractivity contribution is 6.09. The number of rotatable bonds is 12. The predicted octanol–water partition coefficient (Wildman–Crippen LogP) is 8.65. The van der Waals surface area contributed by atoms with E-state index in [-0.39, 0.29) is 11.8 Å². The molecule has 6 rings (SSSR count). The molecular weight excluding hydrogens is 598 g/mol. The number of amides is 2. The SMILES string of the molecule is Cc1ccc(NC(=O)c2ccc(OCc3ccncc3)cc2)c(C(=O)NCCc2ccc(-c3ccccc3Oc3ccccc3)cc2)c1. The number of pyridine rings is 1. The average Bonchev–Trinajstić information content (AvgIpc) is 3.13. The van der Waals surface area contributed by atoms with Gasteiger partial charge in [-0.25, -0.2) is 0 Å². The maximum Gasteiger partial charge on any atom is 0.255 e. The van der Waals surface area contributed by atoms with Crippen LogP contribution in [0.1, 0.15) is 37.4 Å². The molecule has 48 heavy (non-hydrogen) atoms. The summed E-state index contributed by atoms with van der Waals surface area (Å²) < 4.78 is 12.0. The van der Waals surface area contributed by atoms with E-state index >= 15 is 0 Å². The third-order valence-electron chi connectivity index (χ3n) is 7.76. The Morgan fingerprint density at radius 1 is 0.688 bits per heavy atom. The molecule has 6 aromatic rings. The molecule has 0 aliphatic rings. The number of nitrogens with zero attached hydrogens (tertiary/aromatic N) is 1. The number of carbonyl (C=O) groups is 2. The Hall–Kier alpha value is -6.21. The van der Waals surface area contributed by atoms with Gasteiger partial charge in [0.1, 0.15) is 23.9 Å². The smallest absolute Gasteiger partial charge is 0.255 e. The Morgan fingerprint density at radius 3 is 2.19 bits per heavy atom. The fourth-order valence-electron chi connectivity index (χ4n) is 5.17. The summed E-state index contributed by atoms with van der Waals surface area (Å²) in [6.45, 7) is 2.76. The number of aryl methyl sites for hydroxylation is 1. The number of carbonyl (C=O) groups excluding carboxylic acids is 2. The molecule has 1 aromatic heterocycles. The highest BCUT2D eigenvalue weighted by Gasteiger charge is 2.15. The summed E-state index contributed by atoms with van der Waals surface area (Å²) in [5.74, 6) is 1.65. The van der Waals surface area contributed by atoms with Crippen LogP contribution in [-0.4, -0.2) is 23.3 Å². The van der Waals surface area contributed by atoms with Gasteiger partial charge in [0.2, 0.25) is 0 Å². The van der Waals surface area contributed by atoms with Gasteiger partial charge in [0, 0.05) is 30.1 Å². The molecule has 0 atom stereocenters. The Bertz CT molecular complexity index is 1980. The molecule has 238 valence electrons. The zero-order chi connectivity index (χ0) is 33.1. The second-order valence-electron chi connectivity index (χ2n) is 11.3. The minimum absolute atomic E-state index is 0.252. The minimum atomic E-state index is -0.315. The molecule has 5 aromatic carbocycles. The number of ether oxygens (including phenoxy) is 2. The van der Waals surface area contributed by atoms with Crippen LogP contribution in [0.25, 0.3) is 11.1 Å². The molecule has 7 heteroatoms. The molecule has 0 bridgehead atoms. The first kappa shape index (κ1) is 31.8. The number of hydrogen-bond acceptors (Lipinski definition) is 5. The molecule has 0 aliphatic heterocycles. The lowest BCUT2D eigenvalue weighted by atomic mass is 10.0. The van der Waals surface area contributed by atoms with E-state index in [1.165, 1.54) is 0 Å². The summed E-state index contributed by atoms with van der Waals surface area (Å²) >= 11 is 0. The zero-order valence-corrected chi connectivity index (χ0v) is 26.6. The molecule has 0 spiro atoms. The fourth-order valence-corrected chi connectivity index (χ4v) is 5.17. The van der Waals surface area contributed by atoms with Crippen molar-refractivity contribution in [3.05, 3.63) is 174 Å². The van der Waals surface area contributed by atoms with Crippen LogP contribution in [0.5, 0.6) is 17.2 Å². The summed E-state index contributed by atoms with van der Waals surface area (Å²) in [5.41, 5.74) is 6.36. The Balaban J connectivity index is 1.04. The normalized spacial score (nSPS) is 10.6. The number of benzene rings is 5. The lowest BCUT2D eigenvalue weighted by molar-refractivity contribution is 0.0955. The van der Waals surface area contributed by atoms with Gasteiger partial charge in [0.15, 0.2) is 0 Å². The highest BCUT2D eigenvalue weighted by atomic mass is 16.5. The largest absolute Gasteiger partial charge is 0.489 e. The fraction of sp³-hybridized carbons (Fsp3) is 0.0976. The van der Waals surface area contributed by atoms with Crippen LogP contribution < -0.4 is 20.1 Å². The van der Waals surface area contributed by atoms with Crippen LogP contribution in [0.15, 0.2) is 146 Å². The number of aromatic nitrogens is 1. The van der Waals surface area contributed by atoms with Gasteiger partial charge in [0.25, 0.3) is 11.8 Å². The van der Waals surface area contributed by atoms with E-state index in [0.717, 1.165) is 39.3 Å². The first-order valence-electron chi connectivity index (χ1n) is 15.7. The van der Waals surface area contributed by atoms with Crippen LogP contribution >= 0.6 is 0 Å². The molecule has 0 fully saturated rings. The van der Waals surface area contributed by atoms with Gasteiger partial charge in [-0.3, -0.25) is 14.6 Å². The van der Waals surface area contributed by atoms with Gasteiger partial charge < -0.3 is 20.1 Å². The van der Waals surface area contributed by atoms with E-state index in [9.17, 15) is 9.59 Å². The summed E-state index contributed by atoms with van der Waals surface area (Å²) in [6.07, 6.45) is 4.08. The molecule has 2 N–H and O–H groups in total. The van der Waals surface area contributed by atoms with E-state index < -0.39 is 0 Å². The third kappa shape index (κ3) is 8.33. The summed E-state index contributed by atoms with van der Waals surface area (Å²) in [7, 11) is 0. The van der Waals surface area contributed by atoms with Crippen LogP contribution in [0.3, 0.4) is 0 Å². The van der Waals surface area contributed by atoms with Crippen molar-refractivity contribution >= 4 is 17.5 Å². The molecule has 1 heterocycles. The maximum atomic E-state index is 13.3. The van der Waals surface area contributed by atoms with Crippen molar-refractivity contribution < 1.29 is 19.1 Å². The Kier molecular flexibility index (Phi) is 10.2. The molecule has 7 nitrogen and oxygen atoms in total. The standard InChI is InChI=1S/C41H35N3O4/c1-29-11-20-38(44-40(45)33-16-18-34(19-17-33)47-28-31-21-24-42-25-22-31)37(27-29)41(46)43-26-23-30-12-14-32(15-13-30)36-9-5-6-10-39(36)48-35-7-3-2-4-8-35/h2-22,24-25,27H,23,26,28H2,1H3,(H,43,46)(H,44,45). The molecule has 0 unspecified atom stereocenters. The van der Waals surface area contributed by atoms with Crippen molar-refractivity contribution in [2.45, 2.75) is 20.0 Å². The first-order chi connectivity index (χ1) is 23.5. The van der Waals surface area contributed by atoms with E-state index in [1.807, 2.05) is 79.7 Å². The lowest BCUT2D eigenvalue weighted by Crippen LogP contribution is -2.27. The van der Waals surface area contributed by atoms with Crippen molar-refractivity contribution in [2.24, 2.45) is 0 Å². The van der Waals surface area contributed by atoms with Crippen molar-refractivity contribution in [1.82, 2.24) is 10.3 Å². The van der Waals surface area contributed by atoms with Gasteiger partial charge in [-0.1, -0.05) is 72.3 Å². The van der Waals surface area contributed by atoms with E-state index in [2.05, 4.69) is 39.9 Å². The lowest BCUT2D eigenvalue weighted by Gasteiger charge is -2.13. The molecule has 0 aliphatic carbocycles. The summed E-state index contributed by atoms with van der Waals surface area (Å²) in [4.78, 5) is 30.4. The quantitative estimate of drug-likeness (QED) is 0.141. The van der Waals surface area contributed by atoms with Crippen LogP contribution in [0.4, 0.5) is 5.69 Å². The summed E-state index contributed by atoms with van der Waals surface area (Å²) in [6, 6.07) is 42.0. The second kappa shape index (κ2) is 15.4. The van der Waals surface area contributed by atoms with Crippen LogP contribution in [0, 0.1) is 6.92 Å². The number of hydrogen-bond donors (Lipinski definition) is 2. The van der Waals surface area contributed by atoms with Crippen LogP contribution in [-0.2, 0) is 13.0 Å². The Morgan fingerprint density at radius 2 is 1.42 bits per heavy atom. The average molecular weight is 634 g/mol. The van der Waals surface area contributed by atoms with E-state index in [4.69, 9.17) is 9.47 Å². The predicted molar refractivity (Wildman–Crippen MR) is 189 cm³/mol. The van der Waals surface area contributed by atoms with Crippen LogP contribution in [0.2, 0.25) is 0 Å². The van der Waals surface area contributed by atoms with Gasteiger partial charge >= 0.3 is 0 Å².